The normalized spacial score (nSPS) is 40.8. The van der Waals surface area contributed by atoms with Crippen LogP contribution in [-0.4, -0.2) is 35.4 Å². The molecule has 0 aromatic heterocycles. The number of hydrogen-bond acceptors (Lipinski definition) is 5. The summed E-state index contributed by atoms with van der Waals surface area (Å²) in [6.07, 6.45) is 3.15. The van der Waals surface area contributed by atoms with Gasteiger partial charge in [-0.05, 0) is 27.2 Å². The third-order valence-corrected chi connectivity index (χ3v) is 6.39. The molecule has 6 atom stereocenters. The molecule has 3 rings (SSSR count). The number of rotatable bonds is 2. The Kier molecular flexibility index (Phi) is 4.40. The van der Waals surface area contributed by atoms with Gasteiger partial charge < -0.3 is 14.6 Å². The van der Waals surface area contributed by atoms with Crippen LogP contribution in [0.5, 0.6) is 0 Å². The molecule has 0 bridgehead atoms. The summed E-state index contributed by atoms with van der Waals surface area (Å²) in [5.74, 6) is -1.14. The van der Waals surface area contributed by atoms with Crippen molar-refractivity contribution in [2.45, 2.75) is 58.8 Å². The Hall–Kier alpha value is -1.88. The van der Waals surface area contributed by atoms with Gasteiger partial charge in [-0.1, -0.05) is 31.2 Å². The molecule has 136 valence electrons. The standard InChI is InChI=1S/C20H26O5/c1-6-10(2)18(22)24-15-8-7-11(3)16-17-13(12(4)19(23)25-17)9-14(21)20(15,16)5/h6-7,13-17,21H,4,8-9H2,1-3,5H3. The number of carbonyl (C=O) groups excluding carboxylic acids is 2. The number of esters is 2. The van der Waals surface area contributed by atoms with Gasteiger partial charge in [-0.15, -0.1) is 0 Å². The van der Waals surface area contributed by atoms with Crippen LogP contribution in [0.15, 0.2) is 35.5 Å². The molecule has 1 saturated carbocycles. The first-order valence-corrected chi connectivity index (χ1v) is 8.80. The smallest absolute Gasteiger partial charge is 0.334 e. The second kappa shape index (κ2) is 6.13. The van der Waals surface area contributed by atoms with E-state index in [9.17, 15) is 14.7 Å². The molecule has 1 heterocycles. The van der Waals surface area contributed by atoms with Gasteiger partial charge in [-0.3, -0.25) is 0 Å². The predicted octanol–water partition coefficient (Wildman–Crippen LogP) is 2.70. The topological polar surface area (TPSA) is 72.8 Å². The quantitative estimate of drug-likeness (QED) is 0.473. The third-order valence-electron chi connectivity index (χ3n) is 6.39. The Balaban J connectivity index is 1.98. The van der Waals surface area contributed by atoms with Crippen molar-refractivity contribution in [2.24, 2.45) is 17.3 Å². The van der Waals surface area contributed by atoms with Gasteiger partial charge in [-0.2, -0.15) is 0 Å². The molecule has 1 aliphatic heterocycles. The molecule has 0 radical (unpaired) electrons. The first-order valence-electron chi connectivity index (χ1n) is 8.80. The van der Waals surface area contributed by atoms with Crippen LogP contribution < -0.4 is 0 Å². The summed E-state index contributed by atoms with van der Waals surface area (Å²) in [6, 6.07) is 0. The van der Waals surface area contributed by atoms with E-state index in [0.29, 0.717) is 24.0 Å². The van der Waals surface area contributed by atoms with E-state index in [1.165, 1.54) is 0 Å². The number of aliphatic hydroxyl groups is 1. The molecular weight excluding hydrogens is 320 g/mol. The maximum Gasteiger partial charge on any atom is 0.334 e. The van der Waals surface area contributed by atoms with Crippen LogP contribution >= 0.6 is 0 Å². The molecule has 1 N–H and O–H groups in total. The third kappa shape index (κ3) is 2.56. The molecule has 1 saturated heterocycles. The van der Waals surface area contributed by atoms with Gasteiger partial charge in [0, 0.05) is 34.8 Å². The lowest BCUT2D eigenvalue weighted by atomic mass is 9.54. The number of ether oxygens (including phenoxy) is 2. The van der Waals surface area contributed by atoms with Crippen LogP contribution in [-0.2, 0) is 19.1 Å². The van der Waals surface area contributed by atoms with Crippen molar-refractivity contribution in [3.8, 4) is 0 Å². The second-order valence-electron chi connectivity index (χ2n) is 7.65. The fourth-order valence-corrected chi connectivity index (χ4v) is 4.62. The van der Waals surface area contributed by atoms with Gasteiger partial charge in [0.1, 0.15) is 12.2 Å². The van der Waals surface area contributed by atoms with Crippen LogP contribution in [0.4, 0.5) is 0 Å². The first kappa shape index (κ1) is 17.9. The fraction of sp³-hybridized carbons (Fsp3) is 0.600. The molecule has 0 aromatic carbocycles. The molecule has 6 unspecified atom stereocenters. The van der Waals surface area contributed by atoms with Gasteiger partial charge >= 0.3 is 11.9 Å². The first-order chi connectivity index (χ1) is 11.7. The monoisotopic (exact) mass is 346 g/mol. The van der Waals surface area contributed by atoms with Crippen molar-refractivity contribution in [2.75, 3.05) is 0 Å². The van der Waals surface area contributed by atoms with Crippen LogP contribution in [0.1, 0.15) is 40.5 Å². The van der Waals surface area contributed by atoms with Gasteiger partial charge in [0.25, 0.3) is 0 Å². The van der Waals surface area contributed by atoms with Crippen molar-refractivity contribution in [3.63, 3.8) is 0 Å². The van der Waals surface area contributed by atoms with Gasteiger partial charge in [0.15, 0.2) is 0 Å². The fourth-order valence-electron chi connectivity index (χ4n) is 4.62. The number of hydrogen-bond donors (Lipinski definition) is 1. The highest BCUT2D eigenvalue weighted by atomic mass is 16.6. The number of aliphatic hydroxyl groups excluding tert-OH is 1. The largest absolute Gasteiger partial charge is 0.458 e. The van der Waals surface area contributed by atoms with E-state index in [1.54, 1.807) is 19.9 Å². The van der Waals surface area contributed by atoms with E-state index in [4.69, 9.17) is 9.47 Å². The Morgan fingerprint density at radius 2 is 2.20 bits per heavy atom. The molecule has 5 heteroatoms. The van der Waals surface area contributed by atoms with Gasteiger partial charge in [0.05, 0.1) is 6.10 Å². The zero-order chi connectivity index (χ0) is 18.5. The highest BCUT2D eigenvalue weighted by Gasteiger charge is 2.62. The average Bonchev–Trinajstić information content (AvgIpc) is 2.84. The van der Waals surface area contributed by atoms with Crippen LogP contribution in [0.25, 0.3) is 0 Å². The zero-order valence-electron chi connectivity index (χ0n) is 15.2. The Bertz CT molecular complexity index is 688. The molecule has 0 aromatic rings. The lowest BCUT2D eigenvalue weighted by molar-refractivity contribution is -0.187. The Morgan fingerprint density at radius 3 is 2.84 bits per heavy atom. The van der Waals surface area contributed by atoms with Gasteiger partial charge in [0.2, 0.25) is 0 Å². The van der Waals surface area contributed by atoms with Crippen molar-refractivity contribution in [3.05, 3.63) is 35.5 Å². The SMILES string of the molecule is C=C1C(=O)OC2C1CC(O)C1(C)C(OC(=O)C(C)=CC)CC=C(C)C21. The van der Waals surface area contributed by atoms with Crippen LogP contribution in [0, 0.1) is 17.3 Å². The second-order valence-corrected chi connectivity index (χ2v) is 7.65. The molecule has 2 aliphatic carbocycles. The predicted molar refractivity (Wildman–Crippen MR) is 92.4 cm³/mol. The minimum atomic E-state index is -0.711. The minimum absolute atomic E-state index is 0.185. The van der Waals surface area contributed by atoms with Crippen molar-refractivity contribution in [1.82, 2.24) is 0 Å². The Morgan fingerprint density at radius 1 is 1.52 bits per heavy atom. The molecule has 3 aliphatic rings. The zero-order valence-corrected chi connectivity index (χ0v) is 15.2. The molecular formula is C20H26O5. The van der Waals surface area contributed by atoms with E-state index in [1.807, 2.05) is 19.9 Å². The van der Waals surface area contributed by atoms with E-state index < -0.39 is 17.6 Å². The van der Waals surface area contributed by atoms with E-state index in [2.05, 4.69) is 6.58 Å². The summed E-state index contributed by atoms with van der Waals surface area (Å²) in [7, 11) is 0. The maximum atomic E-state index is 12.3. The summed E-state index contributed by atoms with van der Waals surface area (Å²) in [4.78, 5) is 24.3. The lowest BCUT2D eigenvalue weighted by Crippen LogP contribution is -2.60. The van der Waals surface area contributed by atoms with Crippen molar-refractivity contribution in [1.29, 1.82) is 0 Å². The van der Waals surface area contributed by atoms with Crippen LogP contribution in [0.3, 0.4) is 0 Å². The molecule has 25 heavy (non-hydrogen) atoms. The number of fused-ring (bicyclic) bond motifs is 3. The maximum absolute atomic E-state index is 12.3. The van der Waals surface area contributed by atoms with Crippen molar-refractivity contribution >= 4 is 11.9 Å². The van der Waals surface area contributed by atoms with Crippen molar-refractivity contribution < 1.29 is 24.2 Å². The summed E-state index contributed by atoms with van der Waals surface area (Å²) in [6.45, 7) is 11.3. The average molecular weight is 346 g/mol. The molecule has 5 nitrogen and oxygen atoms in total. The van der Waals surface area contributed by atoms with E-state index >= 15 is 0 Å². The summed E-state index contributed by atoms with van der Waals surface area (Å²) in [5.41, 5.74) is 1.33. The lowest BCUT2D eigenvalue weighted by Gasteiger charge is -2.54. The Labute approximate surface area is 148 Å². The number of allylic oxidation sites excluding steroid dienone is 1. The minimum Gasteiger partial charge on any atom is -0.458 e. The van der Waals surface area contributed by atoms with Gasteiger partial charge in [-0.25, -0.2) is 9.59 Å². The highest BCUT2D eigenvalue weighted by molar-refractivity contribution is 5.91. The molecule has 2 fully saturated rings. The van der Waals surface area contributed by atoms with Crippen LogP contribution in [0.2, 0.25) is 0 Å². The van der Waals surface area contributed by atoms with E-state index in [-0.39, 0.29) is 29.9 Å². The number of carbonyl (C=O) groups is 2. The summed E-state index contributed by atoms with van der Waals surface area (Å²) < 4.78 is 11.4. The summed E-state index contributed by atoms with van der Waals surface area (Å²) in [5, 5.41) is 11.0. The summed E-state index contributed by atoms with van der Waals surface area (Å²) >= 11 is 0. The molecule has 0 amide bonds. The van der Waals surface area contributed by atoms with E-state index in [0.717, 1.165) is 5.57 Å². The highest BCUT2D eigenvalue weighted by Crippen LogP contribution is 2.57. The molecule has 0 spiro atoms.